The SMILES string of the molecule is COc1ccc(N(C)C(=O)C2CCN(S(=O)(=O)c3ccc(C#N)cc3)CC2)cc1OC. The van der Waals surface area contributed by atoms with Gasteiger partial charge in [0.1, 0.15) is 0 Å². The van der Waals surface area contributed by atoms with Gasteiger partial charge >= 0.3 is 0 Å². The highest BCUT2D eigenvalue weighted by Crippen LogP contribution is 2.32. The molecule has 0 atom stereocenters. The first-order valence-corrected chi connectivity index (χ1v) is 11.3. The Labute approximate surface area is 182 Å². The fraction of sp³-hybridized carbons (Fsp3) is 0.364. The Morgan fingerprint density at radius 2 is 1.68 bits per heavy atom. The van der Waals surface area contributed by atoms with Crippen LogP contribution in [-0.4, -0.2) is 53.0 Å². The van der Waals surface area contributed by atoms with E-state index < -0.39 is 10.0 Å². The molecule has 0 radical (unpaired) electrons. The molecule has 1 amide bonds. The number of hydrogen-bond donors (Lipinski definition) is 0. The molecular weight excluding hydrogens is 418 g/mol. The van der Waals surface area contributed by atoms with Crippen molar-refractivity contribution in [3.8, 4) is 17.6 Å². The van der Waals surface area contributed by atoms with Gasteiger partial charge in [0, 0.05) is 37.8 Å². The molecule has 0 aromatic heterocycles. The van der Waals surface area contributed by atoms with Gasteiger partial charge in [-0.15, -0.1) is 0 Å². The van der Waals surface area contributed by atoms with Crippen LogP contribution >= 0.6 is 0 Å². The van der Waals surface area contributed by atoms with Crippen LogP contribution in [0, 0.1) is 17.2 Å². The summed E-state index contributed by atoms with van der Waals surface area (Å²) in [5.74, 6) is 0.768. The van der Waals surface area contributed by atoms with Crippen LogP contribution in [0.2, 0.25) is 0 Å². The van der Waals surface area contributed by atoms with Crippen LogP contribution in [0.25, 0.3) is 0 Å². The van der Waals surface area contributed by atoms with E-state index in [2.05, 4.69) is 0 Å². The van der Waals surface area contributed by atoms with Gasteiger partial charge in [-0.3, -0.25) is 4.79 Å². The molecule has 164 valence electrons. The minimum Gasteiger partial charge on any atom is -0.493 e. The Kier molecular flexibility index (Phi) is 6.83. The van der Waals surface area contributed by atoms with E-state index in [0.29, 0.717) is 35.6 Å². The fourth-order valence-electron chi connectivity index (χ4n) is 3.63. The molecule has 2 aromatic carbocycles. The van der Waals surface area contributed by atoms with Gasteiger partial charge in [0.25, 0.3) is 0 Å². The highest BCUT2D eigenvalue weighted by molar-refractivity contribution is 7.89. The topological polar surface area (TPSA) is 99.9 Å². The lowest BCUT2D eigenvalue weighted by molar-refractivity contribution is -0.123. The number of rotatable bonds is 6. The summed E-state index contributed by atoms with van der Waals surface area (Å²) in [4.78, 5) is 14.7. The Balaban J connectivity index is 1.67. The number of sulfonamides is 1. The second kappa shape index (κ2) is 9.37. The van der Waals surface area contributed by atoms with Crippen LogP contribution in [0.4, 0.5) is 5.69 Å². The summed E-state index contributed by atoms with van der Waals surface area (Å²) in [6, 6.07) is 13.1. The molecule has 3 rings (SSSR count). The summed E-state index contributed by atoms with van der Waals surface area (Å²) in [6.45, 7) is 0.525. The summed E-state index contributed by atoms with van der Waals surface area (Å²) in [6.07, 6.45) is 0.873. The van der Waals surface area contributed by atoms with Crippen molar-refractivity contribution >= 4 is 21.6 Å². The van der Waals surface area contributed by atoms with Gasteiger partial charge in [0.2, 0.25) is 15.9 Å². The smallest absolute Gasteiger partial charge is 0.243 e. The largest absolute Gasteiger partial charge is 0.493 e. The Hall–Kier alpha value is -3.09. The number of ether oxygens (including phenoxy) is 2. The van der Waals surface area contributed by atoms with Crippen molar-refractivity contribution in [2.75, 3.05) is 39.3 Å². The number of piperidine rings is 1. The van der Waals surface area contributed by atoms with Gasteiger partial charge < -0.3 is 14.4 Å². The summed E-state index contributed by atoms with van der Waals surface area (Å²) in [5.41, 5.74) is 1.08. The Morgan fingerprint density at radius 3 is 2.23 bits per heavy atom. The zero-order valence-corrected chi connectivity index (χ0v) is 18.6. The number of nitriles is 1. The van der Waals surface area contributed by atoms with Gasteiger partial charge in [-0.2, -0.15) is 9.57 Å². The normalized spacial score (nSPS) is 15.2. The summed E-state index contributed by atoms with van der Waals surface area (Å²) in [5, 5.41) is 8.88. The lowest BCUT2D eigenvalue weighted by Crippen LogP contribution is -2.43. The standard InChI is InChI=1S/C22H25N3O5S/c1-24(18-6-9-20(29-2)21(14-18)30-3)22(26)17-10-12-25(13-11-17)31(27,28)19-7-4-16(15-23)5-8-19/h4-9,14,17H,10-13H2,1-3H3. The predicted octanol–water partition coefficient (Wildman–Crippen LogP) is 2.64. The summed E-state index contributed by atoms with van der Waals surface area (Å²) in [7, 11) is 1.12. The first kappa shape index (κ1) is 22.6. The van der Waals surface area contributed by atoms with Crippen LogP contribution in [0.15, 0.2) is 47.4 Å². The van der Waals surface area contributed by atoms with Crippen molar-refractivity contribution in [3.05, 3.63) is 48.0 Å². The maximum absolute atomic E-state index is 13.0. The van der Waals surface area contributed by atoms with E-state index in [9.17, 15) is 13.2 Å². The van der Waals surface area contributed by atoms with Crippen LogP contribution in [0.1, 0.15) is 18.4 Å². The third-order valence-corrected chi connectivity index (χ3v) is 7.42. The van der Waals surface area contributed by atoms with Gasteiger partial charge in [-0.1, -0.05) is 0 Å². The molecule has 1 heterocycles. The van der Waals surface area contributed by atoms with E-state index in [1.807, 2.05) is 6.07 Å². The molecule has 9 heteroatoms. The second-order valence-corrected chi connectivity index (χ2v) is 9.19. The minimum absolute atomic E-state index is 0.0670. The van der Waals surface area contributed by atoms with E-state index in [0.717, 1.165) is 0 Å². The van der Waals surface area contributed by atoms with Crippen molar-refractivity contribution in [1.29, 1.82) is 5.26 Å². The minimum atomic E-state index is -3.66. The van der Waals surface area contributed by atoms with Crippen LogP contribution in [0.3, 0.4) is 0 Å². The van der Waals surface area contributed by atoms with Gasteiger partial charge in [0.05, 0.1) is 30.7 Å². The monoisotopic (exact) mass is 443 g/mol. The van der Waals surface area contributed by atoms with E-state index in [4.69, 9.17) is 14.7 Å². The zero-order chi connectivity index (χ0) is 22.6. The molecule has 0 N–H and O–H groups in total. The van der Waals surface area contributed by atoms with E-state index in [-0.39, 0.29) is 29.8 Å². The molecule has 0 unspecified atom stereocenters. The average molecular weight is 444 g/mol. The average Bonchev–Trinajstić information content (AvgIpc) is 2.82. The molecule has 0 spiro atoms. The van der Waals surface area contributed by atoms with Crippen LogP contribution < -0.4 is 14.4 Å². The number of carbonyl (C=O) groups excluding carboxylic acids is 1. The summed E-state index contributed by atoms with van der Waals surface area (Å²) < 4.78 is 37.7. The second-order valence-electron chi connectivity index (χ2n) is 7.25. The molecule has 1 saturated heterocycles. The molecule has 1 aliphatic heterocycles. The first-order chi connectivity index (χ1) is 14.8. The lowest BCUT2D eigenvalue weighted by Gasteiger charge is -2.32. The van der Waals surface area contributed by atoms with Gasteiger partial charge in [-0.25, -0.2) is 8.42 Å². The van der Waals surface area contributed by atoms with Crippen molar-refractivity contribution in [2.24, 2.45) is 5.92 Å². The van der Waals surface area contributed by atoms with Crippen molar-refractivity contribution in [2.45, 2.75) is 17.7 Å². The Bertz CT molecular complexity index is 1090. The molecule has 0 saturated carbocycles. The van der Waals surface area contributed by atoms with Gasteiger partial charge in [0.15, 0.2) is 11.5 Å². The first-order valence-electron chi connectivity index (χ1n) is 9.81. The molecule has 0 aliphatic carbocycles. The maximum atomic E-state index is 13.0. The van der Waals surface area contributed by atoms with Crippen molar-refractivity contribution in [3.63, 3.8) is 0 Å². The summed E-state index contributed by atoms with van der Waals surface area (Å²) >= 11 is 0. The molecule has 8 nitrogen and oxygen atoms in total. The molecule has 1 aliphatic rings. The fourth-order valence-corrected chi connectivity index (χ4v) is 5.10. The predicted molar refractivity (Wildman–Crippen MR) is 116 cm³/mol. The number of anilines is 1. The zero-order valence-electron chi connectivity index (χ0n) is 17.7. The van der Waals surface area contributed by atoms with Crippen molar-refractivity contribution in [1.82, 2.24) is 4.31 Å². The highest BCUT2D eigenvalue weighted by Gasteiger charge is 2.33. The molecule has 1 fully saturated rings. The lowest BCUT2D eigenvalue weighted by atomic mass is 9.96. The van der Waals surface area contributed by atoms with E-state index >= 15 is 0 Å². The van der Waals surface area contributed by atoms with E-state index in [1.165, 1.54) is 35.7 Å². The number of nitrogens with zero attached hydrogens (tertiary/aromatic N) is 3. The number of methoxy groups -OCH3 is 2. The number of amides is 1. The Morgan fingerprint density at radius 1 is 1.06 bits per heavy atom. The quantitative estimate of drug-likeness (QED) is 0.680. The van der Waals surface area contributed by atoms with E-state index in [1.54, 1.807) is 37.3 Å². The van der Waals surface area contributed by atoms with Gasteiger partial charge in [-0.05, 0) is 49.2 Å². The number of benzene rings is 2. The molecule has 31 heavy (non-hydrogen) atoms. The number of carbonyl (C=O) groups is 1. The third kappa shape index (κ3) is 4.65. The maximum Gasteiger partial charge on any atom is 0.243 e. The number of hydrogen-bond acceptors (Lipinski definition) is 6. The van der Waals surface area contributed by atoms with Crippen LogP contribution in [-0.2, 0) is 14.8 Å². The molecular formula is C22H25N3O5S. The molecule has 0 bridgehead atoms. The highest BCUT2D eigenvalue weighted by atomic mass is 32.2. The third-order valence-electron chi connectivity index (χ3n) is 5.51. The van der Waals surface area contributed by atoms with Crippen LogP contribution in [0.5, 0.6) is 11.5 Å². The van der Waals surface area contributed by atoms with Crippen molar-refractivity contribution < 1.29 is 22.7 Å². The molecule has 2 aromatic rings.